The minimum Gasteiger partial charge on any atom is -0.478 e. The summed E-state index contributed by atoms with van der Waals surface area (Å²) in [5.74, 6) is -0.401. The van der Waals surface area contributed by atoms with E-state index in [4.69, 9.17) is 5.11 Å². The number of hydrogen-bond donors (Lipinski definition) is 2. The zero-order valence-corrected chi connectivity index (χ0v) is 10.4. The van der Waals surface area contributed by atoms with Crippen LogP contribution in [0.3, 0.4) is 0 Å². The summed E-state index contributed by atoms with van der Waals surface area (Å²) in [7, 11) is 0. The smallest absolute Gasteiger partial charge is 0.335 e. The molecule has 0 saturated carbocycles. The van der Waals surface area contributed by atoms with Gasteiger partial charge in [0.15, 0.2) is 0 Å². The van der Waals surface area contributed by atoms with Crippen LogP contribution in [0.25, 0.3) is 11.0 Å². The zero-order valence-electron chi connectivity index (χ0n) is 10.4. The maximum absolute atomic E-state index is 10.9. The Hall–Kier alpha value is -1.88. The Morgan fingerprint density at radius 2 is 2.22 bits per heavy atom. The van der Waals surface area contributed by atoms with Crippen LogP contribution in [0, 0.1) is 0 Å². The van der Waals surface area contributed by atoms with E-state index < -0.39 is 5.97 Å². The van der Waals surface area contributed by atoms with E-state index in [1.807, 2.05) is 11.5 Å². The Balaban J connectivity index is 2.66. The van der Waals surface area contributed by atoms with Crippen LogP contribution < -0.4 is 0 Å². The summed E-state index contributed by atoms with van der Waals surface area (Å²) < 4.78 is 1.96. The number of benzene rings is 1. The van der Waals surface area contributed by atoms with Gasteiger partial charge in [0, 0.05) is 6.04 Å². The second kappa shape index (κ2) is 4.78. The summed E-state index contributed by atoms with van der Waals surface area (Å²) in [5.41, 5.74) is 1.68. The monoisotopic (exact) mass is 248 g/mol. The molecule has 1 heterocycles. The number of aromatic nitrogens is 2. The number of fused-ring (bicyclic) bond motifs is 1. The molecule has 2 aromatic rings. The summed E-state index contributed by atoms with van der Waals surface area (Å²) in [5, 5.41) is 18.3. The zero-order chi connectivity index (χ0) is 13.3. The lowest BCUT2D eigenvalue weighted by Gasteiger charge is -2.14. The third-order valence-corrected chi connectivity index (χ3v) is 3.18. The first-order valence-corrected chi connectivity index (χ1v) is 5.93. The average Bonchev–Trinajstić information content (AvgIpc) is 2.74. The molecule has 0 spiro atoms. The lowest BCUT2D eigenvalue weighted by Crippen LogP contribution is -2.08. The SMILES string of the molecule is CCC(C)n1c(CO)nc2cc(C(=O)O)ccc21. The van der Waals surface area contributed by atoms with Crippen LogP contribution in [-0.4, -0.2) is 25.7 Å². The van der Waals surface area contributed by atoms with Crippen molar-refractivity contribution in [1.82, 2.24) is 9.55 Å². The maximum atomic E-state index is 10.9. The quantitative estimate of drug-likeness (QED) is 0.869. The molecule has 0 amide bonds. The van der Waals surface area contributed by atoms with E-state index in [-0.39, 0.29) is 18.2 Å². The van der Waals surface area contributed by atoms with Crippen molar-refractivity contribution in [1.29, 1.82) is 0 Å². The normalized spacial score (nSPS) is 12.8. The molecule has 5 heteroatoms. The fraction of sp³-hybridized carbons (Fsp3) is 0.385. The van der Waals surface area contributed by atoms with Gasteiger partial charge < -0.3 is 14.8 Å². The number of aromatic carboxylic acids is 1. The van der Waals surface area contributed by atoms with E-state index in [1.54, 1.807) is 12.1 Å². The van der Waals surface area contributed by atoms with Crippen LogP contribution in [0.4, 0.5) is 0 Å². The Labute approximate surface area is 105 Å². The molecule has 0 aliphatic heterocycles. The number of rotatable bonds is 4. The van der Waals surface area contributed by atoms with Gasteiger partial charge >= 0.3 is 5.97 Å². The molecule has 5 nitrogen and oxygen atoms in total. The van der Waals surface area contributed by atoms with E-state index >= 15 is 0 Å². The Morgan fingerprint density at radius 3 is 2.78 bits per heavy atom. The molecule has 0 bridgehead atoms. The van der Waals surface area contributed by atoms with Crippen molar-refractivity contribution in [2.75, 3.05) is 0 Å². The average molecular weight is 248 g/mol. The summed E-state index contributed by atoms with van der Waals surface area (Å²) in [4.78, 5) is 15.2. The van der Waals surface area contributed by atoms with Gasteiger partial charge in [0.1, 0.15) is 12.4 Å². The molecule has 0 radical (unpaired) electrons. The van der Waals surface area contributed by atoms with Crippen molar-refractivity contribution in [2.45, 2.75) is 32.9 Å². The van der Waals surface area contributed by atoms with Crippen molar-refractivity contribution in [3.05, 3.63) is 29.6 Å². The summed E-state index contributed by atoms with van der Waals surface area (Å²) in [6.07, 6.45) is 0.916. The number of imidazole rings is 1. The van der Waals surface area contributed by atoms with E-state index in [0.717, 1.165) is 11.9 Å². The highest BCUT2D eigenvalue weighted by atomic mass is 16.4. The fourth-order valence-corrected chi connectivity index (χ4v) is 2.07. The number of aliphatic hydroxyl groups is 1. The summed E-state index contributed by atoms with van der Waals surface area (Å²) >= 11 is 0. The van der Waals surface area contributed by atoms with Crippen LogP contribution in [0.15, 0.2) is 18.2 Å². The highest BCUT2D eigenvalue weighted by molar-refractivity contribution is 5.92. The Bertz CT molecular complexity index is 589. The van der Waals surface area contributed by atoms with Crippen molar-refractivity contribution < 1.29 is 15.0 Å². The Kier molecular flexibility index (Phi) is 3.34. The van der Waals surface area contributed by atoms with E-state index in [9.17, 15) is 9.90 Å². The predicted molar refractivity (Wildman–Crippen MR) is 67.6 cm³/mol. The molecule has 1 atom stereocenters. The van der Waals surface area contributed by atoms with Gasteiger partial charge in [-0.2, -0.15) is 0 Å². The third kappa shape index (κ3) is 1.97. The van der Waals surface area contributed by atoms with Crippen LogP contribution in [0.5, 0.6) is 0 Å². The lowest BCUT2D eigenvalue weighted by molar-refractivity contribution is 0.0697. The summed E-state index contributed by atoms with van der Waals surface area (Å²) in [6, 6.07) is 5.06. The minimum absolute atomic E-state index is 0.151. The van der Waals surface area contributed by atoms with Crippen molar-refractivity contribution in [2.24, 2.45) is 0 Å². The molecule has 0 fully saturated rings. The first-order valence-electron chi connectivity index (χ1n) is 5.93. The predicted octanol–water partition coefficient (Wildman–Crippen LogP) is 2.20. The standard InChI is InChI=1S/C13H16N2O3/c1-3-8(2)15-11-5-4-9(13(17)18)6-10(11)14-12(15)7-16/h4-6,8,16H,3,7H2,1-2H3,(H,17,18). The number of carboxylic acid groups (broad SMARTS) is 1. The highest BCUT2D eigenvalue weighted by Gasteiger charge is 2.15. The second-order valence-corrected chi connectivity index (χ2v) is 4.32. The van der Waals surface area contributed by atoms with Gasteiger partial charge in [-0.1, -0.05) is 6.92 Å². The largest absolute Gasteiger partial charge is 0.478 e. The van der Waals surface area contributed by atoms with Gasteiger partial charge in [0.05, 0.1) is 16.6 Å². The molecule has 1 aromatic heterocycles. The molecule has 96 valence electrons. The molecular weight excluding hydrogens is 232 g/mol. The molecule has 0 aliphatic carbocycles. The number of aliphatic hydroxyl groups excluding tert-OH is 1. The van der Waals surface area contributed by atoms with Crippen LogP contribution in [-0.2, 0) is 6.61 Å². The fourth-order valence-electron chi connectivity index (χ4n) is 2.07. The lowest BCUT2D eigenvalue weighted by atomic mass is 10.2. The van der Waals surface area contributed by atoms with Gasteiger partial charge in [0.25, 0.3) is 0 Å². The molecule has 0 aliphatic rings. The molecule has 0 saturated heterocycles. The second-order valence-electron chi connectivity index (χ2n) is 4.32. The summed E-state index contributed by atoms with van der Waals surface area (Å²) in [6.45, 7) is 3.95. The van der Waals surface area contributed by atoms with Crippen LogP contribution in [0.1, 0.15) is 42.5 Å². The molecular formula is C13H16N2O3. The first kappa shape index (κ1) is 12.6. The molecule has 18 heavy (non-hydrogen) atoms. The van der Waals surface area contributed by atoms with Gasteiger partial charge in [-0.3, -0.25) is 0 Å². The third-order valence-electron chi connectivity index (χ3n) is 3.18. The topological polar surface area (TPSA) is 75.3 Å². The number of carbonyl (C=O) groups is 1. The molecule has 1 unspecified atom stereocenters. The maximum Gasteiger partial charge on any atom is 0.335 e. The number of carboxylic acids is 1. The van der Waals surface area contributed by atoms with E-state index in [0.29, 0.717) is 11.3 Å². The molecule has 2 N–H and O–H groups in total. The number of hydrogen-bond acceptors (Lipinski definition) is 3. The van der Waals surface area contributed by atoms with Gasteiger partial charge in [0.2, 0.25) is 0 Å². The Morgan fingerprint density at radius 1 is 1.50 bits per heavy atom. The first-order chi connectivity index (χ1) is 8.58. The van der Waals surface area contributed by atoms with Crippen molar-refractivity contribution in [3.63, 3.8) is 0 Å². The van der Waals surface area contributed by atoms with Crippen molar-refractivity contribution >= 4 is 17.0 Å². The van der Waals surface area contributed by atoms with Crippen molar-refractivity contribution in [3.8, 4) is 0 Å². The van der Waals surface area contributed by atoms with Gasteiger partial charge in [-0.25, -0.2) is 9.78 Å². The highest BCUT2D eigenvalue weighted by Crippen LogP contribution is 2.24. The molecule has 2 rings (SSSR count). The molecule has 1 aromatic carbocycles. The van der Waals surface area contributed by atoms with E-state index in [1.165, 1.54) is 6.07 Å². The number of nitrogens with zero attached hydrogens (tertiary/aromatic N) is 2. The van der Waals surface area contributed by atoms with Gasteiger partial charge in [-0.05, 0) is 31.5 Å². The minimum atomic E-state index is -0.972. The van der Waals surface area contributed by atoms with Crippen LogP contribution >= 0.6 is 0 Å². The van der Waals surface area contributed by atoms with E-state index in [2.05, 4.69) is 11.9 Å². The van der Waals surface area contributed by atoms with Crippen LogP contribution in [0.2, 0.25) is 0 Å². The van der Waals surface area contributed by atoms with Gasteiger partial charge in [-0.15, -0.1) is 0 Å².